The van der Waals surface area contributed by atoms with Gasteiger partial charge in [-0.2, -0.15) is 0 Å². The first-order valence-electron chi connectivity index (χ1n) is 7.85. The number of rotatable bonds is 10. The number of thioether (sulfide) groups is 2. The van der Waals surface area contributed by atoms with Crippen molar-refractivity contribution < 1.29 is 0 Å². The maximum absolute atomic E-state index is 3.87. The van der Waals surface area contributed by atoms with Gasteiger partial charge in [-0.3, -0.25) is 0 Å². The molecule has 116 valence electrons. The molecule has 1 atom stereocenters. The molecule has 0 amide bonds. The number of benzene rings is 2. The van der Waals surface area contributed by atoms with E-state index in [1.54, 1.807) is 0 Å². The molecule has 1 unspecified atom stereocenters. The second kappa shape index (κ2) is 10.6. The van der Waals surface area contributed by atoms with E-state index >= 15 is 0 Å². The molecule has 0 saturated heterocycles. The molecule has 0 fully saturated rings. The average Bonchev–Trinajstić information content (AvgIpc) is 2.58. The molecule has 0 aliphatic heterocycles. The maximum Gasteiger partial charge on any atom is 0.00720 e. The van der Waals surface area contributed by atoms with Crippen molar-refractivity contribution in [1.29, 1.82) is 0 Å². The van der Waals surface area contributed by atoms with Crippen molar-refractivity contribution in [3.05, 3.63) is 73.3 Å². The Balaban J connectivity index is 1.76. The fourth-order valence-electron chi connectivity index (χ4n) is 2.26. The van der Waals surface area contributed by atoms with E-state index in [2.05, 4.69) is 67.2 Å². The van der Waals surface area contributed by atoms with Gasteiger partial charge in [-0.1, -0.05) is 42.5 Å². The molecule has 0 bridgehead atoms. The van der Waals surface area contributed by atoms with E-state index in [0.29, 0.717) is 0 Å². The highest BCUT2D eigenvalue weighted by molar-refractivity contribution is 7.99. The summed E-state index contributed by atoms with van der Waals surface area (Å²) in [5.41, 5.74) is 0. The number of allylic oxidation sites excluding steroid dienone is 1. The smallest absolute Gasteiger partial charge is 0.00720 e. The molecule has 0 radical (unpaired) electrons. The van der Waals surface area contributed by atoms with Crippen molar-refractivity contribution in [1.82, 2.24) is 0 Å². The Bertz CT molecular complexity index is 522. The third kappa shape index (κ3) is 6.76. The van der Waals surface area contributed by atoms with Crippen molar-refractivity contribution in [3.63, 3.8) is 0 Å². The van der Waals surface area contributed by atoms with Crippen LogP contribution in [0.1, 0.15) is 19.3 Å². The van der Waals surface area contributed by atoms with Crippen molar-refractivity contribution in [3.8, 4) is 0 Å². The Labute approximate surface area is 143 Å². The summed E-state index contributed by atoms with van der Waals surface area (Å²) in [6, 6.07) is 21.4. The van der Waals surface area contributed by atoms with E-state index in [1.807, 2.05) is 29.6 Å². The van der Waals surface area contributed by atoms with Crippen molar-refractivity contribution >= 4 is 23.5 Å². The molecule has 2 aromatic carbocycles. The minimum absolute atomic E-state index is 0.763. The van der Waals surface area contributed by atoms with Crippen LogP contribution in [0.3, 0.4) is 0 Å². The number of hydrogen-bond acceptors (Lipinski definition) is 2. The molecule has 0 aliphatic rings. The topological polar surface area (TPSA) is 0 Å². The Morgan fingerprint density at radius 2 is 1.41 bits per heavy atom. The lowest BCUT2D eigenvalue weighted by molar-refractivity contribution is 0.535. The highest BCUT2D eigenvalue weighted by atomic mass is 32.2. The predicted molar refractivity (Wildman–Crippen MR) is 102 cm³/mol. The first-order chi connectivity index (χ1) is 10.9. The van der Waals surface area contributed by atoms with Gasteiger partial charge in [-0.15, -0.1) is 30.1 Å². The minimum atomic E-state index is 0.763. The molecule has 2 aromatic rings. The van der Waals surface area contributed by atoms with Gasteiger partial charge in [0.05, 0.1) is 0 Å². The SMILES string of the molecule is C=CCCC(CCSc1ccccc1)CSc1ccccc1. The zero-order chi connectivity index (χ0) is 15.5. The second-order valence-corrected chi connectivity index (χ2v) is 7.57. The third-order valence-corrected chi connectivity index (χ3v) is 5.83. The van der Waals surface area contributed by atoms with E-state index in [-0.39, 0.29) is 0 Å². The molecule has 0 nitrogen and oxygen atoms in total. The standard InChI is InChI=1S/C20H24S2/c1-2-3-10-18(17-22-20-13-8-5-9-14-20)15-16-21-19-11-6-4-7-12-19/h2,4-9,11-14,18H,1,3,10,15-17H2. The normalized spacial score (nSPS) is 12.0. The molecule has 0 aromatic heterocycles. The molecule has 2 heteroatoms. The quantitative estimate of drug-likeness (QED) is 0.358. The van der Waals surface area contributed by atoms with Gasteiger partial charge in [-0.25, -0.2) is 0 Å². The zero-order valence-corrected chi connectivity index (χ0v) is 14.6. The summed E-state index contributed by atoms with van der Waals surface area (Å²) < 4.78 is 0. The Kier molecular flexibility index (Phi) is 8.29. The largest absolute Gasteiger partial charge is 0.126 e. The van der Waals surface area contributed by atoms with E-state index in [0.717, 1.165) is 12.3 Å². The zero-order valence-electron chi connectivity index (χ0n) is 13.0. The molecule has 22 heavy (non-hydrogen) atoms. The van der Waals surface area contributed by atoms with Gasteiger partial charge in [0, 0.05) is 15.5 Å². The van der Waals surface area contributed by atoms with Gasteiger partial charge in [0.2, 0.25) is 0 Å². The summed E-state index contributed by atoms with van der Waals surface area (Å²) in [5.74, 6) is 3.16. The molecular formula is C20H24S2. The summed E-state index contributed by atoms with van der Waals surface area (Å²) >= 11 is 3.95. The molecule has 0 heterocycles. The van der Waals surface area contributed by atoms with Crippen LogP contribution >= 0.6 is 23.5 Å². The van der Waals surface area contributed by atoms with Crippen molar-refractivity contribution in [2.75, 3.05) is 11.5 Å². The molecule has 0 saturated carbocycles. The van der Waals surface area contributed by atoms with Crippen LogP contribution < -0.4 is 0 Å². The van der Waals surface area contributed by atoms with E-state index in [1.165, 1.54) is 34.1 Å². The van der Waals surface area contributed by atoms with Gasteiger partial charge in [0.1, 0.15) is 0 Å². The van der Waals surface area contributed by atoms with Crippen LogP contribution in [0, 0.1) is 5.92 Å². The first-order valence-corrected chi connectivity index (χ1v) is 9.82. The molecule has 0 aliphatic carbocycles. The fourth-order valence-corrected chi connectivity index (χ4v) is 4.40. The van der Waals surface area contributed by atoms with Crippen molar-refractivity contribution in [2.24, 2.45) is 5.92 Å². The second-order valence-electron chi connectivity index (χ2n) is 5.31. The predicted octanol–water partition coefficient (Wildman–Crippen LogP) is 6.54. The van der Waals surface area contributed by atoms with Gasteiger partial charge in [0.15, 0.2) is 0 Å². The lowest BCUT2D eigenvalue weighted by Gasteiger charge is -2.15. The lowest BCUT2D eigenvalue weighted by atomic mass is 10.0. The average molecular weight is 329 g/mol. The van der Waals surface area contributed by atoms with Crippen LogP contribution in [-0.2, 0) is 0 Å². The van der Waals surface area contributed by atoms with Gasteiger partial charge >= 0.3 is 0 Å². The monoisotopic (exact) mass is 328 g/mol. The van der Waals surface area contributed by atoms with Gasteiger partial charge < -0.3 is 0 Å². The van der Waals surface area contributed by atoms with Crippen LogP contribution in [0.4, 0.5) is 0 Å². The molecular weight excluding hydrogens is 304 g/mol. The van der Waals surface area contributed by atoms with Gasteiger partial charge in [0.25, 0.3) is 0 Å². The van der Waals surface area contributed by atoms with Crippen LogP contribution in [0.25, 0.3) is 0 Å². The van der Waals surface area contributed by atoms with Crippen LogP contribution in [0.15, 0.2) is 83.1 Å². The summed E-state index contributed by atoms with van der Waals surface area (Å²) in [4.78, 5) is 2.75. The summed E-state index contributed by atoms with van der Waals surface area (Å²) in [6.45, 7) is 3.87. The summed E-state index contributed by atoms with van der Waals surface area (Å²) in [6.07, 6.45) is 5.69. The maximum atomic E-state index is 3.87. The highest BCUT2D eigenvalue weighted by Crippen LogP contribution is 2.27. The number of hydrogen-bond donors (Lipinski definition) is 0. The van der Waals surface area contributed by atoms with Gasteiger partial charge in [-0.05, 0) is 55.2 Å². The molecule has 2 rings (SSSR count). The van der Waals surface area contributed by atoms with E-state index in [4.69, 9.17) is 0 Å². The Morgan fingerprint density at radius 3 is 2.00 bits per heavy atom. The van der Waals surface area contributed by atoms with Crippen LogP contribution in [-0.4, -0.2) is 11.5 Å². The summed E-state index contributed by atoms with van der Waals surface area (Å²) in [7, 11) is 0. The first kappa shape index (κ1) is 17.2. The van der Waals surface area contributed by atoms with Crippen molar-refractivity contribution in [2.45, 2.75) is 29.1 Å². The van der Waals surface area contributed by atoms with Crippen LogP contribution in [0.2, 0.25) is 0 Å². The third-order valence-electron chi connectivity index (χ3n) is 3.55. The van der Waals surface area contributed by atoms with E-state index < -0.39 is 0 Å². The van der Waals surface area contributed by atoms with E-state index in [9.17, 15) is 0 Å². The summed E-state index contributed by atoms with van der Waals surface area (Å²) in [5, 5.41) is 0. The molecule has 0 N–H and O–H groups in total. The minimum Gasteiger partial charge on any atom is -0.126 e. The Morgan fingerprint density at radius 1 is 0.818 bits per heavy atom. The highest BCUT2D eigenvalue weighted by Gasteiger charge is 2.09. The lowest BCUT2D eigenvalue weighted by Crippen LogP contribution is -2.05. The Hall–Kier alpha value is -1.12. The van der Waals surface area contributed by atoms with Crippen LogP contribution in [0.5, 0.6) is 0 Å². The fraction of sp³-hybridized carbons (Fsp3) is 0.300. The molecule has 0 spiro atoms.